The van der Waals surface area contributed by atoms with Crippen LogP contribution < -0.4 is 20.1 Å². The van der Waals surface area contributed by atoms with E-state index in [1.54, 1.807) is 13.0 Å². The number of hydrogen-bond donors (Lipinski definition) is 2. The van der Waals surface area contributed by atoms with Crippen LogP contribution in [0.15, 0.2) is 48.5 Å². The van der Waals surface area contributed by atoms with Gasteiger partial charge in [-0.25, -0.2) is 4.98 Å². The molecular weight excluding hydrogens is 466 g/mol. The molecule has 12 heteroatoms. The Balaban J connectivity index is 1.63. The summed E-state index contributed by atoms with van der Waals surface area (Å²) in [6.07, 6.45) is -7.78. The van der Waals surface area contributed by atoms with E-state index < -0.39 is 18.5 Å². The minimum atomic E-state index is -4.84. The van der Waals surface area contributed by atoms with Gasteiger partial charge in [0, 0.05) is 23.4 Å². The quantitative estimate of drug-likeness (QED) is 0.370. The fourth-order valence-corrected chi connectivity index (χ4v) is 3.10. The standard InChI is InChI=1S/C22H18F6N4O2/c1-12-9-16(34-22(26,27)28)7-8-17(12)30-19-11-18(31-20(32-19)29-14-5-6-14)13-3-2-4-15(10-13)33-21(23,24)25/h2-4,7-11,14H,5-6H2,1H3,(H2,29,30,31,32). The largest absolute Gasteiger partial charge is 0.573 e. The van der Waals surface area contributed by atoms with Crippen LogP contribution in [0.3, 0.4) is 0 Å². The predicted octanol–water partition coefficient (Wildman–Crippen LogP) is 6.57. The first-order valence-electron chi connectivity index (χ1n) is 10.1. The van der Waals surface area contributed by atoms with Gasteiger partial charge in [-0.15, -0.1) is 26.3 Å². The Morgan fingerprint density at radius 3 is 2.15 bits per heavy atom. The van der Waals surface area contributed by atoms with E-state index in [0.29, 0.717) is 28.3 Å². The highest BCUT2D eigenvalue weighted by molar-refractivity contribution is 5.69. The molecule has 2 N–H and O–H groups in total. The minimum Gasteiger partial charge on any atom is -0.406 e. The fourth-order valence-electron chi connectivity index (χ4n) is 3.10. The SMILES string of the molecule is Cc1cc(OC(F)(F)F)ccc1Nc1cc(-c2cccc(OC(F)(F)F)c2)nc(NC2CC2)n1. The van der Waals surface area contributed by atoms with Gasteiger partial charge in [-0.2, -0.15) is 4.98 Å². The summed E-state index contributed by atoms with van der Waals surface area (Å²) in [5.41, 5.74) is 1.60. The van der Waals surface area contributed by atoms with Crippen molar-refractivity contribution in [3.8, 4) is 22.8 Å². The molecule has 0 aliphatic heterocycles. The van der Waals surface area contributed by atoms with Crippen LogP contribution in [0, 0.1) is 6.92 Å². The van der Waals surface area contributed by atoms with E-state index >= 15 is 0 Å². The highest BCUT2D eigenvalue weighted by Gasteiger charge is 2.32. The molecule has 0 amide bonds. The summed E-state index contributed by atoms with van der Waals surface area (Å²) >= 11 is 0. The Kier molecular flexibility index (Phi) is 6.15. The number of halogens is 6. The molecule has 1 aliphatic carbocycles. The highest BCUT2D eigenvalue weighted by atomic mass is 19.4. The molecule has 1 aliphatic rings. The lowest BCUT2D eigenvalue weighted by Crippen LogP contribution is -2.17. The molecule has 1 saturated carbocycles. The van der Waals surface area contributed by atoms with E-state index in [4.69, 9.17) is 0 Å². The van der Waals surface area contributed by atoms with E-state index in [2.05, 4.69) is 30.1 Å². The monoisotopic (exact) mass is 484 g/mol. The molecule has 0 spiro atoms. The third kappa shape index (κ3) is 6.65. The number of nitrogens with zero attached hydrogens (tertiary/aromatic N) is 2. The van der Waals surface area contributed by atoms with Gasteiger partial charge in [0.15, 0.2) is 0 Å². The van der Waals surface area contributed by atoms with Crippen molar-refractivity contribution in [2.45, 2.75) is 38.5 Å². The number of anilines is 3. The van der Waals surface area contributed by atoms with Crippen LogP contribution >= 0.6 is 0 Å². The van der Waals surface area contributed by atoms with Crippen molar-refractivity contribution in [3.63, 3.8) is 0 Å². The third-order valence-corrected chi connectivity index (χ3v) is 4.69. The van der Waals surface area contributed by atoms with Crippen molar-refractivity contribution in [3.05, 3.63) is 54.1 Å². The molecule has 1 fully saturated rings. The van der Waals surface area contributed by atoms with Gasteiger partial charge in [0.1, 0.15) is 17.3 Å². The van der Waals surface area contributed by atoms with Crippen molar-refractivity contribution < 1.29 is 35.8 Å². The van der Waals surface area contributed by atoms with Crippen LogP contribution in [0.25, 0.3) is 11.3 Å². The zero-order chi connectivity index (χ0) is 24.5. The predicted molar refractivity (Wildman–Crippen MR) is 112 cm³/mol. The molecule has 0 bridgehead atoms. The molecule has 0 radical (unpaired) electrons. The van der Waals surface area contributed by atoms with Crippen LogP contribution in [0.1, 0.15) is 18.4 Å². The Morgan fingerprint density at radius 2 is 1.53 bits per heavy atom. The van der Waals surface area contributed by atoms with Crippen molar-refractivity contribution >= 4 is 17.5 Å². The van der Waals surface area contributed by atoms with Gasteiger partial charge in [0.25, 0.3) is 0 Å². The number of ether oxygens (including phenoxy) is 2. The molecule has 3 aromatic rings. The first-order chi connectivity index (χ1) is 15.9. The summed E-state index contributed by atoms with van der Waals surface area (Å²) in [5.74, 6) is -0.204. The molecule has 0 unspecified atom stereocenters. The lowest BCUT2D eigenvalue weighted by Gasteiger charge is -2.15. The number of benzene rings is 2. The van der Waals surface area contributed by atoms with Gasteiger partial charge in [-0.3, -0.25) is 0 Å². The number of aryl methyl sites for hydroxylation is 1. The summed E-state index contributed by atoms with van der Waals surface area (Å²) < 4.78 is 83.2. The van der Waals surface area contributed by atoms with Gasteiger partial charge in [0.2, 0.25) is 5.95 Å². The summed E-state index contributed by atoms with van der Waals surface area (Å²) in [7, 11) is 0. The van der Waals surface area contributed by atoms with Gasteiger partial charge < -0.3 is 20.1 Å². The zero-order valence-corrected chi connectivity index (χ0v) is 17.6. The molecule has 1 heterocycles. The van der Waals surface area contributed by atoms with Crippen LogP contribution in [0.2, 0.25) is 0 Å². The van der Waals surface area contributed by atoms with Gasteiger partial charge >= 0.3 is 12.7 Å². The molecule has 1 aromatic heterocycles. The van der Waals surface area contributed by atoms with Crippen LogP contribution in [-0.2, 0) is 0 Å². The molecule has 6 nitrogen and oxygen atoms in total. The normalized spacial score (nSPS) is 14.0. The van der Waals surface area contributed by atoms with Crippen molar-refractivity contribution in [1.82, 2.24) is 9.97 Å². The molecule has 180 valence electrons. The highest BCUT2D eigenvalue weighted by Crippen LogP contribution is 2.32. The van der Waals surface area contributed by atoms with Gasteiger partial charge in [-0.05, 0) is 55.7 Å². The van der Waals surface area contributed by atoms with E-state index in [0.717, 1.165) is 18.9 Å². The number of nitrogens with one attached hydrogen (secondary N) is 2. The second kappa shape index (κ2) is 8.92. The summed E-state index contributed by atoms with van der Waals surface area (Å²) in [5, 5.41) is 6.16. The number of rotatable bonds is 7. The average molecular weight is 484 g/mol. The Labute approximate surface area is 189 Å². The van der Waals surface area contributed by atoms with Crippen molar-refractivity contribution in [2.24, 2.45) is 0 Å². The third-order valence-electron chi connectivity index (χ3n) is 4.69. The summed E-state index contributed by atoms with van der Waals surface area (Å²) in [4.78, 5) is 8.78. The Hall–Kier alpha value is -3.70. The van der Waals surface area contributed by atoms with Crippen molar-refractivity contribution in [2.75, 3.05) is 10.6 Å². The van der Waals surface area contributed by atoms with Crippen LogP contribution in [-0.4, -0.2) is 28.7 Å². The molecule has 0 saturated heterocycles. The molecule has 4 rings (SSSR count). The van der Waals surface area contributed by atoms with E-state index in [1.165, 1.54) is 36.4 Å². The number of hydrogen-bond acceptors (Lipinski definition) is 6. The Bertz CT molecular complexity index is 1180. The second-order valence-electron chi connectivity index (χ2n) is 7.61. The summed E-state index contributed by atoms with van der Waals surface area (Å²) in [6, 6.07) is 10.9. The topological polar surface area (TPSA) is 68.3 Å². The minimum absolute atomic E-state index is 0.198. The maximum absolute atomic E-state index is 12.6. The molecule has 2 aromatic carbocycles. The van der Waals surface area contributed by atoms with Crippen LogP contribution in [0.4, 0.5) is 43.8 Å². The molecule has 34 heavy (non-hydrogen) atoms. The fraction of sp³-hybridized carbons (Fsp3) is 0.273. The first-order valence-corrected chi connectivity index (χ1v) is 10.1. The van der Waals surface area contributed by atoms with E-state index in [9.17, 15) is 26.3 Å². The maximum Gasteiger partial charge on any atom is 0.573 e. The lowest BCUT2D eigenvalue weighted by atomic mass is 10.1. The van der Waals surface area contributed by atoms with Gasteiger partial charge in [0.05, 0.1) is 5.69 Å². The second-order valence-corrected chi connectivity index (χ2v) is 7.61. The van der Waals surface area contributed by atoms with E-state index in [1.807, 2.05) is 0 Å². The van der Waals surface area contributed by atoms with Gasteiger partial charge in [-0.1, -0.05) is 12.1 Å². The van der Waals surface area contributed by atoms with E-state index in [-0.39, 0.29) is 17.7 Å². The molecular formula is C22H18F6N4O2. The smallest absolute Gasteiger partial charge is 0.406 e. The average Bonchev–Trinajstić information content (AvgIpc) is 3.52. The molecule has 0 atom stereocenters. The number of aromatic nitrogens is 2. The number of alkyl halides is 6. The Morgan fingerprint density at radius 1 is 0.853 bits per heavy atom. The zero-order valence-electron chi connectivity index (χ0n) is 17.6. The first kappa shape index (κ1) is 23.5. The summed E-state index contributed by atoms with van der Waals surface area (Å²) in [6.45, 7) is 1.59. The maximum atomic E-state index is 12.6. The van der Waals surface area contributed by atoms with Crippen molar-refractivity contribution in [1.29, 1.82) is 0 Å². The van der Waals surface area contributed by atoms with Crippen LogP contribution in [0.5, 0.6) is 11.5 Å². The lowest BCUT2D eigenvalue weighted by molar-refractivity contribution is -0.275.